The Balaban J connectivity index is 1.97. The number of sulfonamides is 1. The number of amides is 1. The van der Waals surface area contributed by atoms with E-state index in [1.807, 2.05) is 39.0 Å². The minimum Gasteiger partial charge on any atom is -0.494 e. The van der Waals surface area contributed by atoms with E-state index < -0.39 is 15.9 Å². The molecular weight excluding hydrogens is 516 g/mol. The van der Waals surface area contributed by atoms with Gasteiger partial charge in [0, 0.05) is 10.2 Å². The van der Waals surface area contributed by atoms with Crippen molar-refractivity contribution in [1.29, 1.82) is 0 Å². The predicted octanol–water partition coefficient (Wildman–Crippen LogP) is 5.81. The first-order valence-corrected chi connectivity index (χ1v) is 13.4. The second-order valence-electron chi connectivity index (χ2n) is 7.60. The van der Waals surface area contributed by atoms with Gasteiger partial charge in [0.15, 0.2) is 0 Å². The number of ether oxygens (including phenoxy) is 1. The van der Waals surface area contributed by atoms with E-state index in [0.717, 1.165) is 38.4 Å². The standard InChI is InChI=1S/C26H29BrN2O4S/c1-4-19-8-7-9-20(5-2)26(19)28-25(30)18-29(22-12-14-23(15-13-22)33-6-3)34(31,32)24-16-10-21(27)11-17-24/h7-17H,4-6,18H2,1-3H3,(H,28,30). The van der Waals surface area contributed by atoms with Gasteiger partial charge in [-0.05, 0) is 79.4 Å². The number of hydrogen-bond donors (Lipinski definition) is 1. The Kier molecular flexibility index (Phi) is 8.74. The van der Waals surface area contributed by atoms with Crippen molar-refractivity contribution in [1.82, 2.24) is 0 Å². The zero-order valence-corrected chi connectivity index (χ0v) is 21.9. The molecule has 0 unspecified atom stereocenters. The van der Waals surface area contributed by atoms with Crippen LogP contribution in [-0.2, 0) is 27.7 Å². The molecule has 6 nitrogen and oxygen atoms in total. The van der Waals surface area contributed by atoms with Gasteiger partial charge in [-0.3, -0.25) is 9.10 Å². The summed E-state index contributed by atoms with van der Waals surface area (Å²) in [5.41, 5.74) is 3.15. The van der Waals surface area contributed by atoms with Crippen LogP contribution in [0, 0.1) is 0 Å². The zero-order valence-electron chi connectivity index (χ0n) is 19.5. The molecule has 8 heteroatoms. The molecule has 180 valence electrons. The summed E-state index contributed by atoms with van der Waals surface area (Å²) >= 11 is 3.33. The van der Waals surface area contributed by atoms with Crippen LogP contribution in [0.15, 0.2) is 76.1 Å². The third-order valence-corrected chi connectivity index (χ3v) is 7.70. The van der Waals surface area contributed by atoms with E-state index >= 15 is 0 Å². The molecular formula is C26H29BrN2O4S. The van der Waals surface area contributed by atoms with E-state index in [0.29, 0.717) is 18.0 Å². The molecule has 0 fully saturated rings. The molecule has 0 heterocycles. The number of para-hydroxylation sites is 1. The maximum absolute atomic E-state index is 13.6. The lowest BCUT2D eigenvalue weighted by molar-refractivity contribution is -0.114. The van der Waals surface area contributed by atoms with Crippen LogP contribution in [0.5, 0.6) is 5.75 Å². The largest absolute Gasteiger partial charge is 0.494 e. The Labute approximate surface area is 210 Å². The maximum atomic E-state index is 13.6. The first-order chi connectivity index (χ1) is 16.3. The van der Waals surface area contributed by atoms with E-state index in [1.54, 1.807) is 36.4 Å². The van der Waals surface area contributed by atoms with E-state index in [1.165, 1.54) is 12.1 Å². The summed E-state index contributed by atoms with van der Waals surface area (Å²) in [6.45, 7) is 6.05. The quantitative estimate of drug-likeness (QED) is 0.349. The summed E-state index contributed by atoms with van der Waals surface area (Å²) in [5.74, 6) is 0.214. The molecule has 0 saturated carbocycles. The number of hydrogen-bond acceptors (Lipinski definition) is 4. The second kappa shape index (κ2) is 11.5. The van der Waals surface area contributed by atoms with Gasteiger partial charge in [0.2, 0.25) is 5.91 Å². The van der Waals surface area contributed by atoms with Crippen LogP contribution in [-0.4, -0.2) is 27.5 Å². The highest BCUT2D eigenvalue weighted by Crippen LogP contribution is 2.28. The molecule has 3 aromatic rings. The molecule has 34 heavy (non-hydrogen) atoms. The fourth-order valence-corrected chi connectivity index (χ4v) is 5.32. The number of benzene rings is 3. The molecule has 3 rings (SSSR count). The van der Waals surface area contributed by atoms with Crippen molar-refractivity contribution in [3.63, 3.8) is 0 Å². The van der Waals surface area contributed by atoms with Crippen molar-refractivity contribution in [2.75, 3.05) is 22.8 Å². The number of halogens is 1. The van der Waals surface area contributed by atoms with Crippen molar-refractivity contribution in [2.24, 2.45) is 0 Å². The highest BCUT2D eigenvalue weighted by atomic mass is 79.9. The first kappa shape index (κ1) is 25.8. The molecule has 3 aromatic carbocycles. The van der Waals surface area contributed by atoms with Crippen LogP contribution in [0.3, 0.4) is 0 Å². The molecule has 0 aromatic heterocycles. The van der Waals surface area contributed by atoms with Crippen molar-refractivity contribution in [3.05, 3.63) is 82.3 Å². The summed E-state index contributed by atoms with van der Waals surface area (Å²) in [4.78, 5) is 13.3. The number of anilines is 2. The lowest BCUT2D eigenvalue weighted by atomic mass is 10.0. The lowest BCUT2D eigenvalue weighted by Gasteiger charge is -2.25. The monoisotopic (exact) mass is 544 g/mol. The first-order valence-electron chi connectivity index (χ1n) is 11.2. The Morgan fingerprint density at radius 2 is 1.50 bits per heavy atom. The number of nitrogens with zero attached hydrogens (tertiary/aromatic N) is 1. The molecule has 0 aliphatic rings. The van der Waals surface area contributed by atoms with Crippen molar-refractivity contribution >= 4 is 43.2 Å². The van der Waals surface area contributed by atoms with Gasteiger partial charge in [-0.1, -0.05) is 48.0 Å². The zero-order chi connectivity index (χ0) is 24.7. The highest BCUT2D eigenvalue weighted by molar-refractivity contribution is 9.10. The predicted molar refractivity (Wildman–Crippen MR) is 140 cm³/mol. The fourth-order valence-electron chi connectivity index (χ4n) is 3.64. The topological polar surface area (TPSA) is 75.7 Å². The van der Waals surface area contributed by atoms with Gasteiger partial charge in [-0.25, -0.2) is 8.42 Å². The number of aryl methyl sites for hydroxylation is 2. The van der Waals surface area contributed by atoms with Gasteiger partial charge < -0.3 is 10.1 Å². The molecule has 0 saturated heterocycles. The van der Waals surface area contributed by atoms with Gasteiger partial charge in [0.1, 0.15) is 12.3 Å². The van der Waals surface area contributed by atoms with E-state index in [2.05, 4.69) is 21.2 Å². The van der Waals surface area contributed by atoms with Gasteiger partial charge in [0.05, 0.1) is 17.2 Å². The SMILES string of the molecule is CCOc1ccc(N(CC(=O)Nc2c(CC)cccc2CC)S(=O)(=O)c2ccc(Br)cc2)cc1. The third-order valence-electron chi connectivity index (χ3n) is 5.39. The van der Waals surface area contributed by atoms with E-state index in [9.17, 15) is 13.2 Å². The van der Waals surface area contributed by atoms with Crippen LogP contribution in [0.25, 0.3) is 0 Å². The van der Waals surface area contributed by atoms with Gasteiger partial charge >= 0.3 is 0 Å². The van der Waals surface area contributed by atoms with Crippen LogP contribution >= 0.6 is 15.9 Å². The van der Waals surface area contributed by atoms with E-state index in [-0.39, 0.29) is 11.4 Å². The average Bonchev–Trinajstić information content (AvgIpc) is 2.83. The summed E-state index contributed by atoms with van der Waals surface area (Å²) < 4.78 is 34.5. The maximum Gasteiger partial charge on any atom is 0.264 e. The van der Waals surface area contributed by atoms with Crippen molar-refractivity contribution in [3.8, 4) is 5.75 Å². The van der Waals surface area contributed by atoms with Crippen LogP contribution in [0.4, 0.5) is 11.4 Å². The summed E-state index contributed by atoms with van der Waals surface area (Å²) in [6.07, 6.45) is 1.51. The minimum absolute atomic E-state index is 0.0978. The summed E-state index contributed by atoms with van der Waals surface area (Å²) in [5, 5.41) is 2.97. The van der Waals surface area contributed by atoms with Crippen molar-refractivity contribution < 1.29 is 17.9 Å². The molecule has 1 N–H and O–H groups in total. The summed E-state index contributed by atoms with van der Waals surface area (Å²) in [7, 11) is -4.00. The number of nitrogens with one attached hydrogen (secondary N) is 1. The molecule has 0 aliphatic carbocycles. The van der Waals surface area contributed by atoms with E-state index in [4.69, 9.17) is 4.74 Å². The summed E-state index contributed by atoms with van der Waals surface area (Å²) in [6, 6.07) is 18.9. The third kappa shape index (κ3) is 5.98. The minimum atomic E-state index is -4.00. The fraction of sp³-hybridized carbons (Fsp3) is 0.269. The number of carbonyl (C=O) groups is 1. The number of carbonyl (C=O) groups excluding carboxylic acids is 1. The molecule has 0 radical (unpaired) electrons. The highest BCUT2D eigenvalue weighted by Gasteiger charge is 2.27. The Morgan fingerprint density at radius 1 is 0.912 bits per heavy atom. The lowest BCUT2D eigenvalue weighted by Crippen LogP contribution is -2.38. The Morgan fingerprint density at radius 3 is 2.03 bits per heavy atom. The Bertz CT molecular complexity index is 1200. The second-order valence-corrected chi connectivity index (χ2v) is 10.4. The molecule has 0 bridgehead atoms. The average molecular weight is 545 g/mol. The van der Waals surface area contributed by atoms with Crippen LogP contribution < -0.4 is 14.4 Å². The normalized spacial score (nSPS) is 11.2. The molecule has 0 spiro atoms. The van der Waals surface area contributed by atoms with Crippen molar-refractivity contribution in [2.45, 2.75) is 38.5 Å². The molecule has 1 amide bonds. The van der Waals surface area contributed by atoms with Gasteiger partial charge in [0.25, 0.3) is 10.0 Å². The number of rotatable bonds is 10. The van der Waals surface area contributed by atoms with Gasteiger partial charge in [-0.2, -0.15) is 0 Å². The van der Waals surface area contributed by atoms with Crippen LogP contribution in [0.2, 0.25) is 0 Å². The van der Waals surface area contributed by atoms with Crippen LogP contribution in [0.1, 0.15) is 31.9 Å². The molecule has 0 aliphatic heterocycles. The smallest absolute Gasteiger partial charge is 0.264 e. The van der Waals surface area contributed by atoms with Gasteiger partial charge in [-0.15, -0.1) is 0 Å². The Hall–Kier alpha value is -2.84. The molecule has 0 atom stereocenters.